The molecular weight excluding hydrogens is 186 g/mol. The van der Waals surface area contributed by atoms with Gasteiger partial charge >= 0.3 is 0 Å². The maximum Gasteiger partial charge on any atom is 0.109 e. The molecule has 3 nitrogen and oxygen atoms in total. The Morgan fingerprint density at radius 3 is 2.73 bits per heavy atom. The summed E-state index contributed by atoms with van der Waals surface area (Å²) in [5, 5.41) is 3.48. The van der Waals surface area contributed by atoms with E-state index >= 15 is 0 Å². The molecule has 1 rings (SSSR count). The van der Waals surface area contributed by atoms with Crippen LogP contribution in [0.3, 0.4) is 0 Å². The predicted molar refractivity (Wildman–Crippen MR) is 64.0 cm³/mol. The Balaban J connectivity index is 2.40. The van der Waals surface area contributed by atoms with Crippen LogP contribution in [0.2, 0.25) is 0 Å². The normalized spacial score (nSPS) is 12.0. The number of aromatic nitrogens is 2. The van der Waals surface area contributed by atoms with Crippen molar-refractivity contribution in [3.63, 3.8) is 0 Å². The van der Waals surface area contributed by atoms with E-state index in [1.165, 1.54) is 5.82 Å². The fourth-order valence-corrected chi connectivity index (χ4v) is 1.56. The average molecular weight is 209 g/mol. The lowest BCUT2D eigenvalue weighted by molar-refractivity contribution is 0.425. The Labute approximate surface area is 92.9 Å². The summed E-state index contributed by atoms with van der Waals surface area (Å²) in [6.45, 7) is 10.8. The number of hydrogen-bond acceptors (Lipinski definition) is 2. The van der Waals surface area contributed by atoms with Crippen molar-refractivity contribution in [1.82, 2.24) is 14.9 Å². The molecular formula is C12H23N3. The first kappa shape index (κ1) is 12.2. The molecule has 0 aliphatic carbocycles. The third kappa shape index (κ3) is 4.47. The van der Waals surface area contributed by atoms with E-state index in [9.17, 15) is 0 Å². The highest BCUT2D eigenvalue weighted by atomic mass is 15.1. The molecule has 86 valence electrons. The predicted octanol–water partition coefficient (Wildman–Crippen LogP) is 2.22. The third-order valence-electron chi connectivity index (χ3n) is 2.27. The molecule has 3 heteroatoms. The standard InChI is InChI=1S/C12H23N3/c1-5-9-15-10-8-13-11(15)6-7-14-12(2,3)4/h8,10,14H,5-7,9H2,1-4H3. The molecule has 0 saturated carbocycles. The first-order valence-corrected chi connectivity index (χ1v) is 5.78. The summed E-state index contributed by atoms with van der Waals surface area (Å²) in [4.78, 5) is 4.38. The third-order valence-corrected chi connectivity index (χ3v) is 2.27. The zero-order valence-electron chi connectivity index (χ0n) is 10.4. The molecule has 0 aliphatic heterocycles. The number of aryl methyl sites for hydroxylation is 1. The second kappa shape index (κ2) is 5.31. The maximum atomic E-state index is 4.38. The van der Waals surface area contributed by atoms with E-state index in [1.54, 1.807) is 0 Å². The number of nitrogens with zero attached hydrogens (tertiary/aromatic N) is 2. The van der Waals surface area contributed by atoms with Gasteiger partial charge in [-0.1, -0.05) is 6.92 Å². The highest BCUT2D eigenvalue weighted by Crippen LogP contribution is 2.02. The summed E-state index contributed by atoms with van der Waals surface area (Å²) in [7, 11) is 0. The smallest absolute Gasteiger partial charge is 0.109 e. The van der Waals surface area contributed by atoms with Crippen LogP contribution < -0.4 is 5.32 Å². The molecule has 0 amide bonds. The van der Waals surface area contributed by atoms with Crippen molar-refractivity contribution in [1.29, 1.82) is 0 Å². The van der Waals surface area contributed by atoms with Crippen LogP contribution in [0.25, 0.3) is 0 Å². The summed E-state index contributed by atoms with van der Waals surface area (Å²) < 4.78 is 2.24. The van der Waals surface area contributed by atoms with Crippen molar-refractivity contribution in [2.24, 2.45) is 0 Å². The molecule has 0 aliphatic rings. The van der Waals surface area contributed by atoms with Gasteiger partial charge in [-0.3, -0.25) is 0 Å². The molecule has 15 heavy (non-hydrogen) atoms. The van der Waals surface area contributed by atoms with Gasteiger partial charge in [0.15, 0.2) is 0 Å². The number of imidazole rings is 1. The Morgan fingerprint density at radius 2 is 2.13 bits per heavy atom. The molecule has 0 bridgehead atoms. The number of hydrogen-bond donors (Lipinski definition) is 1. The molecule has 0 aromatic carbocycles. The summed E-state index contributed by atoms with van der Waals surface area (Å²) >= 11 is 0. The van der Waals surface area contributed by atoms with Crippen LogP contribution in [0.1, 0.15) is 39.9 Å². The monoisotopic (exact) mass is 209 g/mol. The van der Waals surface area contributed by atoms with Crippen LogP contribution in [-0.2, 0) is 13.0 Å². The van der Waals surface area contributed by atoms with Gasteiger partial charge in [0.05, 0.1) is 0 Å². The largest absolute Gasteiger partial charge is 0.335 e. The quantitative estimate of drug-likeness (QED) is 0.806. The van der Waals surface area contributed by atoms with Gasteiger partial charge in [-0.15, -0.1) is 0 Å². The highest BCUT2D eigenvalue weighted by molar-refractivity contribution is 4.93. The van der Waals surface area contributed by atoms with Crippen LogP contribution in [0.5, 0.6) is 0 Å². The van der Waals surface area contributed by atoms with Gasteiger partial charge in [0.25, 0.3) is 0 Å². The lowest BCUT2D eigenvalue weighted by atomic mass is 10.1. The molecule has 1 heterocycles. The van der Waals surface area contributed by atoms with Crippen molar-refractivity contribution in [2.75, 3.05) is 6.54 Å². The van der Waals surface area contributed by atoms with E-state index in [2.05, 4.69) is 48.8 Å². The van der Waals surface area contributed by atoms with Crippen molar-refractivity contribution >= 4 is 0 Å². The van der Waals surface area contributed by atoms with E-state index in [0.717, 1.165) is 25.9 Å². The second-order valence-electron chi connectivity index (χ2n) is 4.96. The van der Waals surface area contributed by atoms with E-state index in [-0.39, 0.29) is 5.54 Å². The van der Waals surface area contributed by atoms with Crippen molar-refractivity contribution in [2.45, 2.75) is 52.6 Å². The molecule has 0 spiro atoms. The lowest BCUT2D eigenvalue weighted by Gasteiger charge is -2.20. The molecule has 1 aromatic heterocycles. The van der Waals surface area contributed by atoms with Gasteiger partial charge in [0.2, 0.25) is 0 Å². The summed E-state index contributed by atoms with van der Waals surface area (Å²) in [6, 6.07) is 0. The minimum Gasteiger partial charge on any atom is -0.335 e. The summed E-state index contributed by atoms with van der Waals surface area (Å²) in [6.07, 6.45) is 6.12. The lowest BCUT2D eigenvalue weighted by Crippen LogP contribution is -2.37. The molecule has 0 atom stereocenters. The number of rotatable bonds is 5. The van der Waals surface area contributed by atoms with Crippen LogP contribution in [0.4, 0.5) is 0 Å². The van der Waals surface area contributed by atoms with E-state index in [4.69, 9.17) is 0 Å². The van der Waals surface area contributed by atoms with Crippen LogP contribution in [0, 0.1) is 0 Å². The van der Waals surface area contributed by atoms with Crippen LogP contribution in [0.15, 0.2) is 12.4 Å². The van der Waals surface area contributed by atoms with Gasteiger partial charge in [-0.25, -0.2) is 4.98 Å². The van der Waals surface area contributed by atoms with Gasteiger partial charge < -0.3 is 9.88 Å². The molecule has 1 N–H and O–H groups in total. The molecule has 0 radical (unpaired) electrons. The fraction of sp³-hybridized carbons (Fsp3) is 0.750. The zero-order valence-corrected chi connectivity index (χ0v) is 10.4. The zero-order chi connectivity index (χ0) is 11.3. The van der Waals surface area contributed by atoms with Crippen molar-refractivity contribution in [3.8, 4) is 0 Å². The Kier molecular flexibility index (Phi) is 4.33. The fourth-order valence-electron chi connectivity index (χ4n) is 1.56. The first-order valence-electron chi connectivity index (χ1n) is 5.78. The van der Waals surface area contributed by atoms with Gasteiger partial charge in [-0.05, 0) is 27.2 Å². The SMILES string of the molecule is CCCn1ccnc1CCNC(C)(C)C. The van der Waals surface area contributed by atoms with Gasteiger partial charge in [-0.2, -0.15) is 0 Å². The van der Waals surface area contributed by atoms with Crippen LogP contribution >= 0.6 is 0 Å². The minimum absolute atomic E-state index is 0.197. The minimum atomic E-state index is 0.197. The Bertz CT molecular complexity index is 283. The van der Waals surface area contributed by atoms with Crippen molar-refractivity contribution < 1.29 is 0 Å². The second-order valence-corrected chi connectivity index (χ2v) is 4.96. The number of nitrogens with one attached hydrogen (secondary N) is 1. The van der Waals surface area contributed by atoms with Crippen molar-refractivity contribution in [3.05, 3.63) is 18.2 Å². The topological polar surface area (TPSA) is 29.9 Å². The molecule has 0 unspecified atom stereocenters. The van der Waals surface area contributed by atoms with E-state index < -0.39 is 0 Å². The summed E-state index contributed by atoms with van der Waals surface area (Å²) in [5.41, 5.74) is 0.197. The van der Waals surface area contributed by atoms with E-state index in [0.29, 0.717) is 0 Å². The molecule has 0 fully saturated rings. The molecule has 1 aromatic rings. The highest BCUT2D eigenvalue weighted by Gasteiger charge is 2.09. The average Bonchev–Trinajstić information content (AvgIpc) is 2.51. The Morgan fingerprint density at radius 1 is 1.40 bits per heavy atom. The molecule has 0 saturated heterocycles. The summed E-state index contributed by atoms with van der Waals surface area (Å²) in [5.74, 6) is 1.19. The Hall–Kier alpha value is -0.830. The first-order chi connectivity index (χ1) is 7.03. The van der Waals surface area contributed by atoms with Gasteiger partial charge in [0, 0.05) is 37.4 Å². The van der Waals surface area contributed by atoms with Gasteiger partial charge in [0.1, 0.15) is 5.82 Å². The van der Waals surface area contributed by atoms with E-state index in [1.807, 2.05) is 6.20 Å². The van der Waals surface area contributed by atoms with Crippen LogP contribution in [-0.4, -0.2) is 21.6 Å². The maximum absolute atomic E-state index is 4.38.